The van der Waals surface area contributed by atoms with Crippen molar-refractivity contribution in [2.45, 2.75) is 56.5 Å². The van der Waals surface area contributed by atoms with Gasteiger partial charge in [-0.2, -0.15) is 11.8 Å². The molecule has 0 radical (unpaired) electrons. The summed E-state index contributed by atoms with van der Waals surface area (Å²) in [6, 6.07) is 0.485. The highest BCUT2D eigenvalue weighted by Crippen LogP contribution is 2.31. The lowest BCUT2D eigenvalue weighted by molar-refractivity contribution is -0.130. The second-order valence-corrected chi connectivity index (χ2v) is 5.92. The molecule has 1 aliphatic heterocycles. The summed E-state index contributed by atoms with van der Waals surface area (Å²) in [5.41, 5.74) is 0. The van der Waals surface area contributed by atoms with Crippen LogP contribution in [0.2, 0.25) is 0 Å². The van der Waals surface area contributed by atoms with Gasteiger partial charge in [-0.3, -0.25) is 10.1 Å². The third kappa shape index (κ3) is 2.38. The molecule has 2 fully saturated rings. The first-order valence-electron chi connectivity index (χ1n) is 6.33. The van der Waals surface area contributed by atoms with Gasteiger partial charge in [-0.25, -0.2) is 0 Å². The summed E-state index contributed by atoms with van der Waals surface area (Å²) < 4.78 is 0. The van der Waals surface area contributed by atoms with Gasteiger partial charge in [0.25, 0.3) is 0 Å². The highest BCUT2D eigenvalue weighted by Gasteiger charge is 2.36. The summed E-state index contributed by atoms with van der Waals surface area (Å²) in [7, 11) is 0. The minimum Gasteiger partial charge on any atom is -0.323 e. The lowest BCUT2D eigenvalue weighted by Gasteiger charge is -2.37. The van der Waals surface area contributed by atoms with E-state index in [9.17, 15) is 4.79 Å². The molecule has 16 heavy (non-hydrogen) atoms. The number of amides is 1. The van der Waals surface area contributed by atoms with Gasteiger partial charge in [-0.15, -0.1) is 0 Å². The maximum atomic E-state index is 11.9. The molecular weight excluding hydrogens is 220 g/mol. The fraction of sp³-hybridized carbons (Fsp3) is 0.917. The first kappa shape index (κ1) is 12.2. The van der Waals surface area contributed by atoms with Crippen LogP contribution in [0, 0.1) is 0 Å². The van der Waals surface area contributed by atoms with Crippen LogP contribution in [0.3, 0.4) is 0 Å². The Morgan fingerprint density at radius 1 is 1.50 bits per heavy atom. The minimum atomic E-state index is 0.290. The average molecular weight is 242 g/mol. The van der Waals surface area contributed by atoms with Gasteiger partial charge >= 0.3 is 0 Å². The van der Waals surface area contributed by atoms with E-state index in [4.69, 9.17) is 0 Å². The number of thioether (sulfide) groups is 1. The molecule has 3 atom stereocenters. The molecule has 1 aliphatic carbocycles. The third-order valence-corrected chi connectivity index (χ3v) is 4.92. The molecular formula is C12H22N2OS. The van der Waals surface area contributed by atoms with Gasteiger partial charge in [0.05, 0.1) is 12.7 Å². The Morgan fingerprint density at radius 3 is 3.00 bits per heavy atom. The van der Waals surface area contributed by atoms with Crippen molar-refractivity contribution in [2.75, 3.05) is 12.8 Å². The van der Waals surface area contributed by atoms with E-state index < -0.39 is 0 Å². The maximum absolute atomic E-state index is 11.9. The Hall–Kier alpha value is -0.220. The van der Waals surface area contributed by atoms with Crippen LogP contribution in [0.15, 0.2) is 0 Å². The predicted octanol–water partition coefficient (Wildman–Crippen LogP) is 1.83. The minimum absolute atomic E-state index is 0.290. The molecule has 2 aliphatic rings. The zero-order chi connectivity index (χ0) is 11.5. The molecule has 1 saturated carbocycles. The van der Waals surface area contributed by atoms with E-state index in [0.717, 1.165) is 11.7 Å². The zero-order valence-electron chi connectivity index (χ0n) is 10.2. The quantitative estimate of drug-likeness (QED) is 0.819. The van der Waals surface area contributed by atoms with Crippen molar-refractivity contribution in [1.82, 2.24) is 10.2 Å². The molecule has 92 valence electrons. The summed E-state index contributed by atoms with van der Waals surface area (Å²) in [6.45, 7) is 2.69. The fourth-order valence-electron chi connectivity index (χ4n) is 2.95. The standard InChI is InChI=1S/C12H22N2OS/c1-3-11-13-8-12(15)14(11)9-5-4-6-10(7-9)16-2/h9-11,13H,3-8H2,1-2H3. The van der Waals surface area contributed by atoms with Gasteiger partial charge < -0.3 is 4.90 Å². The molecule has 4 heteroatoms. The number of hydrogen-bond acceptors (Lipinski definition) is 3. The van der Waals surface area contributed by atoms with Crippen molar-refractivity contribution < 1.29 is 4.79 Å². The van der Waals surface area contributed by atoms with E-state index in [-0.39, 0.29) is 6.17 Å². The Labute approximate surface area is 102 Å². The molecule has 3 nitrogen and oxygen atoms in total. The van der Waals surface area contributed by atoms with Crippen molar-refractivity contribution in [1.29, 1.82) is 0 Å². The fourth-order valence-corrected chi connectivity index (χ4v) is 3.77. The molecule has 1 saturated heterocycles. The third-order valence-electron chi connectivity index (χ3n) is 3.82. The Bertz CT molecular complexity index is 259. The van der Waals surface area contributed by atoms with Crippen LogP contribution >= 0.6 is 11.8 Å². The number of carbonyl (C=O) groups excluding carboxylic acids is 1. The molecule has 0 bridgehead atoms. The van der Waals surface area contributed by atoms with Gasteiger partial charge in [0.1, 0.15) is 0 Å². The molecule has 0 aromatic rings. The monoisotopic (exact) mass is 242 g/mol. The van der Waals surface area contributed by atoms with Crippen molar-refractivity contribution in [3.05, 3.63) is 0 Å². The van der Waals surface area contributed by atoms with Crippen molar-refractivity contribution in [3.63, 3.8) is 0 Å². The Balaban J connectivity index is 2.01. The van der Waals surface area contributed by atoms with Crippen LogP contribution in [-0.2, 0) is 4.79 Å². The highest BCUT2D eigenvalue weighted by molar-refractivity contribution is 7.99. The zero-order valence-corrected chi connectivity index (χ0v) is 11.1. The number of hydrogen-bond donors (Lipinski definition) is 1. The molecule has 3 unspecified atom stereocenters. The van der Waals surface area contributed by atoms with Crippen LogP contribution in [0.4, 0.5) is 0 Å². The maximum Gasteiger partial charge on any atom is 0.238 e. The average Bonchev–Trinajstić information content (AvgIpc) is 2.70. The van der Waals surface area contributed by atoms with Crippen LogP contribution in [0.1, 0.15) is 39.0 Å². The van der Waals surface area contributed by atoms with Crippen LogP contribution in [0.5, 0.6) is 0 Å². The van der Waals surface area contributed by atoms with E-state index in [2.05, 4.69) is 23.4 Å². The summed E-state index contributed by atoms with van der Waals surface area (Å²) in [4.78, 5) is 14.0. The number of carbonyl (C=O) groups is 1. The predicted molar refractivity (Wildman–Crippen MR) is 68.5 cm³/mol. The second-order valence-electron chi connectivity index (χ2n) is 4.78. The number of rotatable bonds is 3. The van der Waals surface area contributed by atoms with E-state index in [1.54, 1.807) is 0 Å². The summed E-state index contributed by atoms with van der Waals surface area (Å²) in [6.07, 6.45) is 8.48. The number of nitrogens with zero attached hydrogens (tertiary/aromatic N) is 1. The number of nitrogens with one attached hydrogen (secondary N) is 1. The SMILES string of the molecule is CCC1NCC(=O)N1C1CCCC(SC)C1. The first-order valence-corrected chi connectivity index (χ1v) is 7.62. The van der Waals surface area contributed by atoms with Gasteiger partial charge in [0, 0.05) is 11.3 Å². The van der Waals surface area contributed by atoms with E-state index >= 15 is 0 Å². The van der Waals surface area contributed by atoms with Crippen molar-refractivity contribution in [3.8, 4) is 0 Å². The largest absolute Gasteiger partial charge is 0.323 e. The van der Waals surface area contributed by atoms with Crippen LogP contribution < -0.4 is 5.32 Å². The molecule has 1 heterocycles. The van der Waals surface area contributed by atoms with E-state index in [1.165, 1.54) is 25.7 Å². The Kier molecular flexibility index (Phi) is 4.14. The lowest BCUT2D eigenvalue weighted by atomic mass is 9.93. The summed E-state index contributed by atoms with van der Waals surface area (Å²) in [5, 5.41) is 4.06. The highest BCUT2D eigenvalue weighted by atomic mass is 32.2. The van der Waals surface area contributed by atoms with Gasteiger partial charge in [0.2, 0.25) is 5.91 Å². The van der Waals surface area contributed by atoms with Gasteiger partial charge in [-0.1, -0.05) is 13.3 Å². The topological polar surface area (TPSA) is 32.3 Å². The van der Waals surface area contributed by atoms with Crippen LogP contribution in [-0.4, -0.2) is 41.1 Å². The van der Waals surface area contributed by atoms with Gasteiger partial charge in [-0.05, 0) is 31.9 Å². The molecule has 1 N–H and O–H groups in total. The smallest absolute Gasteiger partial charge is 0.238 e. The lowest BCUT2D eigenvalue weighted by Crippen LogP contribution is -2.46. The first-order chi connectivity index (χ1) is 7.76. The normalized spacial score (nSPS) is 35.8. The van der Waals surface area contributed by atoms with Crippen molar-refractivity contribution in [2.24, 2.45) is 0 Å². The molecule has 2 rings (SSSR count). The van der Waals surface area contributed by atoms with Crippen molar-refractivity contribution >= 4 is 17.7 Å². The van der Waals surface area contributed by atoms with E-state index in [0.29, 0.717) is 18.5 Å². The molecule has 0 aromatic heterocycles. The molecule has 1 amide bonds. The molecule has 0 spiro atoms. The summed E-state index contributed by atoms with van der Waals surface area (Å²) >= 11 is 1.96. The van der Waals surface area contributed by atoms with Crippen LogP contribution in [0.25, 0.3) is 0 Å². The second kappa shape index (κ2) is 5.41. The Morgan fingerprint density at radius 2 is 2.31 bits per heavy atom. The van der Waals surface area contributed by atoms with Gasteiger partial charge in [0.15, 0.2) is 0 Å². The summed E-state index contributed by atoms with van der Waals surface area (Å²) in [5.74, 6) is 0.304. The van der Waals surface area contributed by atoms with E-state index in [1.807, 2.05) is 11.8 Å². The molecule has 0 aromatic carbocycles.